The van der Waals surface area contributed by atoms with Gasteiger partial charge in [0.2, 0.25) is 0 Å². The minimum atomic E-state index is 0.493. The lowest BCUT2D eigenvalue weighted by atomic mass is 10.2. The van der Waals surface area contributed by atoms with Gasteiger partial charge in [0, 0.05) is 12.3 Å². The molecule has 1 unspecified atom stereocenters. The summed E-state index contributed by atoms with van der Waals surface area (Å²) >= 11 is 0. The molecule has 1 saturated heterocycles. The average Bonchev–Trinajstić information content (AvgIpc) is 2.59. The molecule has 0 aliphatic carbocycles. The summed E-state index contributed by atoms with van der Waals surface area (Å²) < 4.78 is 5.26. The normalized spacial score (nSPS) is 22.5. The Balaban J connectivity index is 1.94. The van der Waals surface area contributed by atoms with E-state index in [-0.39, 0.29) is 0 Å². The molecule has 2 rings (SSSR count). The van der Waals surface area contributed by atoms with E-state index in [1.54, 1.807) is 0 Å². The molecule has 1 aromatic rings. The van der Waals surface area contributed by atoms with E-state index in [4.69, 9.17) is 4.74 Å². The van der Waals surface area contributed by atoms with Crippen LogP contribution < -0.4 is 5.32 Å². The maximum atomic E-state index is 5.26. The second-order valence-electron chi connectivity index (χ2n) is 2.99. The Bertz CT molecular complexity index is 229. The Hall–Kier alpha value is -1.02. The molecule has 1 fully saturated rings. The second kappa shape index (κ2) is 3.59. The van der Waals surface area contributed by atoms with Gasteiger partial charge >= 0.3 is 0 Å². The van der Waals surface area contributed by atoms with Crippen LogP contribution in [0.4, 0.5) is 5.69 Å². The van der Waals surface area contributed by atoms with E-state index in [9.17, 15) is 0 Å². The Kier molecular flexibility index (Phi) is 2.28. The highest BCUT2D eigenvalue weighted by atomic mass is 16.5. The van der Waals surface area contributed by atoms with Gasteiger partial charge < -0.3 is 10.1 Å². The summed E-state index contributed by atoms with van der Waals surface area (Å²) in [5.41, 5.74) is 1.16. The summed E-state index contributed by atoms with van der Waals surface area (Å²) in [5, 5.41) is 3.40. The maximum absolute atomic E-state index is 5.26. The van der Waals surface area contributed by atoms with Gasteiger partial charge in [0.1, 0.15) is 0 Å². The Morgan fingerprint density at radius 3 is 2.92 bits per heavy atom. The molecule has 0 saturated carbocycles. The molecular weight excluding hydrogens is 150 g/mol. The van der Waals surface area contributed by atoms with Crippen LogP contribution in [-0.4, -0.2) is 19.3 Å². The third kappa shape index (κ3) is 1.77. The molecule has 0 aromatic heterocycles. The molecule has 12 heavy (non-hydrogen) atoms. The van der Waals surface area contributed by atoms with Crippen molar-refractivity contribution in [2.24, 2.45) is 0 Å². The zero-order chi connectivity index (χ0) is 8.23. The van der Waals surface area contributed by atoms with Crippen molar-refractivity contribution in [3.63, 3.8) is 0 Å². The Morgan fingerprint density at radius 1 is 1.42 bits per heavy atom. The zero-order valence-corrected chi connectivity index (χ0v) is 6.92. The van der Waals surface area contributed by atoms with Crippen LogP contribution in [0.3, 0.4) is 0 Å². The maximum Gasteiger partial charge on any atom is 0.0668 e. The van der Waals surface area contributed by atoms with Crippen molar-refractivity contribution in [3.05, 3.63) is 30.3 Å². The van der Waals surface area contributed by atoms with Gasteiger partial charge in [0.15, 0.2) is 0 Å². The first-order valence-corrected chi connectivity index (χ1v) is 4.25. The topological polar surface area (TPSA) is 21.3 Å². The molecule has 2 nitrogen and oxygen atoms in total. The Morgan fingerprint density at radius 2 is 2.25 bits per heavy atom. The van der Waals surface area contributed by atoms with Crippen molar-refractivity contribution in [3.8, 4) is 0 Å². The highest BCUT2D eigenvalue weighted by Gasteiger charge is 2.14. The summed E-state index contributed by atoms with van der Waals surface area (Å²) in [6.07, 6.45) is 1.11. The summed E-state index contributed by atoms with van der Waals surface area (Å²) in [5.74, 6) is 0. The van der Waals surface area contributed by atoms with Gasteiger partial charge in [-0.15, -0.1) is 0 Å². The van der Waals surface area contributed by atoms with E-state index in [0.717, 1.165) is 25.3 Å². The molecule has 1 N–H and O–H groups in total. The smallest absolute Gasteiger partial charge is 0.0668 e. The third-order valence-corrected chi connectivity index (χ3v) is 2.02. The number of benzene rings is 1. The lowest BCUT2D eigenvalue weighted by Gasteiger charge is -2.11. The van der Waals surface area contributed by atoms with Crippen LogP contribution in [-0.2, 0) is 4.74 Å². The van der Waals surface area contributed by atoms with Crippen molar-refractivity contribution < 1.29 is 4.74 Å². The standard InChI is InChI=1S/C10H12NO/c1-2-4-9(5-3-1)11-10-6-7-12-8-10/h2-5,10-11H,6-8H2. The van der Waals surface area contributed by atoms with Crippen molar-refractivity contribution >= 4 is 5.69 Å². The molecule has 1 radical (unpaired) electrons. The van der Waals surface area contributed by atoms with Crippen LogP contribution in [0.2, 0.25) is 0 Å². The van der Waals surface area contributed by atoms with Gasteiger partial charge in [-0.25, -0.2) is 0 Å². The summed E-state index contributed by atoms with van der Waals surface area (Å²) in [4.78, 5) is 0. The van der Waals surface area contributed by atoms with Crippen molar-refractivity contribution in [2.75, 3.05) is 18.5 Å². The fourth-order valence-corrected chi connectivity index (χ4v) is 1.37. The van der Waals surface area contributed by atoms with Crippen LogP contribution in [0, 0.1) is 6.07 Å². The van der Waals surface area contributed by atoms with E-state index in [1.165, 1.54) is 0 Å². The van der Waals surface area contributed by atoms with Crippen LogP contribution in [0.5, 0.6) is 0 Å². The molecule has 2 heteroatoms. The minimum Gasteiger partial charge on any atom is -0.380 e. The van der Waals surface area contributed by atoms with Crippen LogP contribution in [0.15, 0.2) is 24.3 Å². The van der Waals surface area contributed by atoms with Gasteiger partial charge in [0.05, 0.1) is 12.6 Å². The van der Waals surface area contributed by atoms with Crippen molar-refractivity contribution in [1.29, 1.82) is 0 Å². The largest absolute Gasteiger partial charge is 0.380 e. The van der Waals surface area contributed by atoms with E-state index >= 15 is 0 Å². The summed E-state index contributed by atoms with van der Waals surface area (Å²) in [6, 6.07) is 11.4. The van der Waals surface area contributed by atoms with E-state index < -0.39 is 0 Å². The predicted octanol–water partition coefficient (Wildman–Crippen LogP) is 1.69. The predicted molar refractivity (Wildman–Crippen MR) is 48.1 cm³/mol. The van der Waals surface area contributed by atoms with Gasteiger partial charge in [-0.3, -0.25) is 0 Å². The highest BCUT2D eigenvalue weighted by Crippen LogP contribution is 2.12. The molecule has 0 spiro atoms. The van der Waals surface area contributed by atoms with Crippen LogP contribution in [0.1, 0.15) is 6.42 Å². The lowest BCUT2D eigenvalue weighted by molar-refractivity contribution is 0.195. The zero-order valence-electron chi connectivity index (χ0n) is 6.92. The fraction of sp³-hybridized carbons (Fsp3) is 0.400. The molecule has 0 bridgehead atoms. The molecule has 1 aliphatic heterocycles. The van der Waals surface area contributed by atoms with E-state index in [0.29, 0.717) is 6.04 Å². The summed E-state index contributed by atoms with van der Waals surface area (Å²) in [6.45, 7) is 1.72. The number of hydrogen-bond donors (Lipinski definition) is 1. The molecule has 1 heterocycles. The second-order valence-corrected chi connectivity index (χ2v) is 2.99. The average molecular weight is 162 g/mol. The third-order valence-electron chi connectivity index (χ3n) is 2.02. The van der Waals surface area contributed by atoms with Crippen molar-refractivity contribution in [1.82, 2.24) is 0 Å². The highest BCUT2D eigenvalue weighted by molar-refractivity contribution is 5.43. The van der Waals surface area contributed by atoms with E-state index in [2.05, 4.69) is 11.4 Å². The number of hydrogen-bond acceptors (Lipinski definition) is 2. The fourth-order valence-electron chi connectivity index (χ4n) is 1.37. The molecular formula is C10H12NO. The summed E-state index contributed by atoms with van der Waals surface area (Å²) in [7, 11) is 0. The van der Waals surface area contributed by atoms with Crippen LogP contribution >= 0.6 is 0 Å². The molecule has 0 amide bonds. The SMILES string of the molecule is [c]1ccc(NC2CCOC2)cc1. The number of nitrogens with one attached hydrogen (secondary N) is 1. The van der Waals surface area contributed by atoms with Crippen LogP contribution in [0.25, 0.3) is 0 Å². The number of rotatable bonds is 2. The van der Waals surface area contributed by atoms with Gasteiger partial charge in [-0.1, -0.05) is 12.1 Å². The first kappa shape index (κ1) is 7.62. The number of anilines is 1. The molecule has 1 atom stereocenters. The molecule has 1 aliphatic rings. The van der Waals surface area contributed by atoms with Gasteiger partial charge in [-0.2, -0.15) is 0 Å². The minimum absolute atomic E-state index is 0.493. The first-order valence-electron chi connectivity index (χ1n) is 4.25. The quantitative estimate of drug-likeness (QED) is 0.714. The van der Waals surface area contributed by atoms with Gasteiger partial charge in [0.25, 0.3) is 0 Å². The van der Waals surface area contributed by atoms with E-state index in [1.807, 2.05) is 24.3 Å². The molecule has 63 valence electrons. The molecule has 1 aromatic carbocycles. The van der Waals surface area contributed by atoms with Gasteiger partial charge in [-0.05, 0) is 24.6 Å². The Labute approximate surface area is 72.5 Å². The lowest BCUT2D eigenvalue weighted by Crippen LogP contribution is -2.18. The van der Waals surface area contributed by atoms with Crippen molar-refractivity contribution in [2.45, 2.75) is 12.5 Å². The number of ether oxygens (including phenoxy) is 1. The first-order chi connectivity index (χ1) is 5.95. The monoisotopic (exact) mass is 162 g/mol.